The Kier molecular flexibility index (Phi) is 5.47. The molecule has 0 heterocycles. The highest BCUT2D eigenvalue weighted by Crippen LogP contribution is 2.24. The Morgan fingerprint density at radius 1 is 1.47 bits per heavy atom. The molecular weight excluding hydrogens is 192 g/mol. The van der Waals surface area contributed by atoms with Gasteiger partial charge in [0, 0.05) is 0 Å². The summed E-state index contributed by atoms with van der Waals surface area (Å²) in [6.07, 6.45) is 7.02. The van der Waals surface area contributed by atoms with E-state index in [1.165, 1.54) is 32.1 Å². The van der Waals surface area contributed by atoms with Gasteiger partial charge in [0.1, 0.15) is 6.10 Å². The van der Waals surface area contributed by atoms with Gasteiger partial charge in [-0.1, -0.05) is 31.3 Å². The van der Waals surface area contributed by atoms with Crippen LogP contribution in [0.1, 0.15) is 45.4 Å². The van der Waals surface area contributed by atoms with Crippen LogP contribution in [0.3, 0.4) is 0 Å². The largest absolute Gasteiger partial charge is 0.409 e. The maximum atomic E-state index is 8.56. The topological polar surface area (TPSA) is 67.8 Å². The minimum Gasteiger partial charge on any atom is -0.409 e. The molecule has 1 aliphatic carbocycles. The van der Waals surface area contributed by atoms with Gasteiger partial charge in [0.2, 0.25) is 0 Å². The predicted octanol–water partition coefficient (Wildman–Crippen LogP) is 2.11. The number of nitrogens with zero attached hydrogens (tertiary/aromatic N) is 1. The first-order valence-electron chi connectivity index (χ1n) is 5.87. The van der Waals surface area contributed by atoms with Crippen molar-refractivity contribution in [3.63, 3.8) is 0 Å². The molecule has 0 radical (unpaired) electrons. The van der Waals surface area contributed by atoms with Gasteiger partial charge in [0.25, 0.3) is 0 Å². The third kappa shape index (κ3) is 4.08. The minimum absolute atomic E-state index is 0.188. The van der Waals surface area contributed by atoms with Gasteiger partial charge in [0.15, 0.2) is 5.84 Å². The molecule has 1 aliphatic rings. The molecule has 1 saturated carbocycles. The average molecular weight is 214 g/mol. The summed E-state index contributed by atoms with van der Waals surface area (Å²) in [5, 5.41) is 11.5. The van der Waals surface area contributed by atoms with Crippen LogP contribution >= 0.6 is 0 Å². The van der Waals surface area contributed by atoms with Gasteiger partial charge in [-0.2, -0.15) is 0 Å². The van der Waals surface area contributed by atoms with E-state index in [0.717, 1.165) is 13.0 Å². The fraction of sp³-hybridized carbons (Fsp3) is 0.909. The Morgan fingerprint density at radius 2 is 2.13 bits per heavy atom. The van der Waals surface area contributed by atoms with Crippen molar-refractivity contribution in [2.24, 2.45) is 16.8 Å². The van der Waals surface area contributed by atoms with Crippen molar-refractivity contribution in [1.82, 2.24) is 0 Å². The van der Waals surface area contributed by atoms with Crippen molar-refractivity contribution >= 4 is 5.84 Å². The van der Waals surface area contributed by atoms with E-state index in [4.69, 9.17) is 15.7 Å². The van der Waals surface area contributed by atoms with E-state index in [1.54, 1.807) is 0 Å². The molecule has 0 aliphatic heterocycles. The third-order valence-electron chi connectivity index (χ3n) is 3.07. The zero-order valence-corrected chi connectivity index (χ0v) is 9.48. The third-order valence-corrected chi connectivity index (χ3v) is 3.07. The number of oxime groups is 1. The van der Waals surface area contributed by atoms with Gasteiger partial charge in [-0.3, -0.25) is 0 Å². The molecule has 4 nitrogen and oxygen atoms in total. The molecule has 1 atom stereocenters. The van der Waals surface area contributed by atoms with Crippen LogP contribution in [0.5, 0.6) is 0 Å². The number of ether oxygens (including phenoxy) is 1. The monoisotopic (exact) mass is 214 g/mol. The van der Waals surface area contributed by atoms with Gasteiger partial charge in [-0.15, -0.1) is 0 Å². The predicted molar refractivity (Wildman–Crippen MR) is 60.0 cm³/mol. The number of rotatable bonds is 5. The number of hydrogen-bond acceptors (Lipinski definition) is 3. The van der Waals surface area contributed by atoms with Gasteiger partial charge < -0.3 is 15.7 Å². The maximum absolute atomic E-state index is 8.56. The highest BCUT2D eigenvalue weighted by Gasteiger charge is 2.17. The van der Waals surface area contributed by atoms with E-state index < -0.39 is 0 Å². The van der Waals surface area contributed by atoms with Crippen LogP contribution in [-0.4, -0.2) is 23.8 Å². The normalized spacial score (nSPS) is 21.5. The van der Waals surface area contributed by atoms with Crippen molar-refractivity contribution in [1.29, 1.82) is 0 Å². The molecular formula is C11H22N2O2. The lowest BCUT2D eigenvalue weighted by molar-refractivity contribution is 0.0525. The Morgan fingerprint density at radius 3 is 2.67 bits per heavy atom. The molecule has 0 aromatic rings. The van der Waals surface area contributed by atoms with E-state index in [2.05, 4.69) is 5.16 Å². The van der Waals surface area contributed by atoms with Crippen LogP contribution in [0.25, 0.3) is 0 Å². The summed E-state index contributed by atoms with van der Waals surface area (Å²) in [4.78, 5) is 0. The van der Waals surface area contributed by atoms with Crippen LogP contribution in [0.2, 0.25) is 0 Å². The highest BCUT2D eigenvalue weighted by atomic mass is 16.5. The summed E-state index contributed by atoms with van der Waals surface area (Å²) in [6, 6.07) is 0. The van der Waals surface area contributed by atoms with Gasteiger partial charge in [-0.25, -0.2) is 0 Å². The van der Waals surface area contributed by atoms with Crippen LogP contribution < -0.4 is 5.73 Å². The van der Waals surface area contributed by atoms with E-state index in [-0.39, 0.29) is 11.9 Å². The second-order valence-corrected chi connectivity index (χ2v) is 4.26. The molecule has 0 bridgehead atoms. The summed E-state index contributed by atoms with van der Waals surface area (Å²) < 4.78 is 5.67. The van der Waals surface area contributed by atoms with Crippen LogP contribution in [-0.2, 0) is 4.74 Å². The molecule has 0 saturated heterocycles. The number of nitrogens with two attached hydrogens (primary N) is 1. The van der Waals surface area contributed by atoms with Crippen LogP contribution in [0.4, 0.5) is 0 Å². The minimum atomic E-state index is -0.225. The van der Waals surface area contributed by atoms with E-state index in [9.17, 15) is 0 Å². The Labute approximate surface area is 91.5 Å². The molecule has 0 aromatic heterocycles. The zero-order valence-electron chi connectivity index (χ0n) is 9.48. The average Bonchev–Trinajstić information content (AvgIpc) is 2.31. The van der Waals surface area contributed by atoms with Gasteiger partial charge in [-0.05, 0) is 25.2 Å². The Hall–Kier alpha value is -0.770. The molecule has 1 fully saturated rings. The smallest absolute Gasteiger partial charge is 0.168 e. The number of hydrogen-bond donors (Lipinski definition) is 2. The molecule has 3 N–H and O–H groups in total. The molecule has 0 spiro atoms. The second kappa shape index (κ2) is 6.67. The fourth-order valence-corrected chi connectivity index (χ4v) is 2.08. The van der Waals surface area contributed by atoms with Crippen molar-refractivity contribution in [2.75, 3.05) is 6.61 Å². The first-order valence-corrected chi connectivity index (χ1v) is 5.87. The lowest BCUT2D eigenvalue weighted by Gasteiger charge is -2.23. The number of amidine groups is 1. The molecule has 0 amide bonds. The molecule has 1 rings (SSSR count). The fourth-order valence-electron chi connectivity index (χ4n) is 2.08. The van der Waals surface area contributed by atoms with Crippen molar-refractivity contribution in [2.45, 2.75) is 51.6 Å². The zero-order chi connectivity index (χ0) is 11.1. The van der Waals surface area contributed by atoms with Crippen molar-refractivity contribution in [3.8, 4) is 0 Å². The van der Waals surface area contributed by atoms with E-state index >= 15 is 0 Å². The molecule has 4 heteroatoms. The van der Waals surface area contributed by atoms with Crippen LogP contribution in [0, 0.1) is 5.92 Å². The first kappa shape index (κ1) is 12.3. The first-order chi connectivity index (χ1) is 7.27. The standard InChI is InChI=1S/C11H22N2O2/c1-2-10(11(12)13-14)15-8-9-6-4-3-5-7-9/h9-10,14H,2-8H2,1H3,(H2,12,13). The molecule has 15 heavy (non-hydrogen) atoms. The lowest BCUT2D eigenvalue weighted by Crippen LogP contribution is -2.32. The van der Waals surface area contributed by atoms with Crippen molar-refractivity contribution < 1.29 is 9.94 Å². The molecule has 0 aromatic carbocycles. The highest BCUT2D eigenvalue weighted by molar-refractivity contribution is 5.84. The second-order valence-electron chi connectivity index (χ2n) is 4.26. The van der Waals surface area contributed by atoms with Crippen molar-refractivity contribution in [3.05, 3.63) is 0 Å². The quantitative estimate of drug-likeness (QED) is 0.319. The summed E-state index contributed by atoms with van der Waals surface area (Å²) in [5.74, 6) is 0.854. The maximum Gasteiger partial charge on any atom is 0.168 e. The van der Waals surface area contributed by atoms with E-state index in [1.807, 2.05) is 6.92 Å². The summed E-state index contributed by atoms with van der Waals surface area (Å²) in [6.45, 7) is 2.72. The summed E-state index contributed by atoms with van der Waals surface area (Å²) >= 11 is 0. The van der Waals surface area contributed by atoms with Crippen LogP contribution in [0.15, 0.2) is 5.16 Å². The Bertz CT molecular complexity index is 201. The summed E-state index contributed by atoms with van der Waals surface area (Å²) in [5.41, 5.74) is 5.52. The van der Waals surface area contributed by atoms with E-state index in [0.29, 0.717) is 5.92 Å². The molecule has 88 valence electrons. The Balaban J connectivity index is 2.26. The summed E-state index contributed by atoms with van der Waals surface area (Å²) in [7, 11) is 0. The van der Waals surface area contributed by atoms with Gasteiger partial charge >= 0.3 is 0 Å². The van der Waals surface area contributed by atoms with Gasteiger partial charge in [0.05, 0.1) is 6.61 Å². The SMILES string of the molecule is CCC(OCC1CCCCC1)C(N)=NO. The molecule has 1 unspecified atom stereocenters. The lowest BCUT2D eigenvalue weighted by atomic mass is 9.90.